The Morgan fingerprint density at radius 3 is 1.88 bits per heavy atom. The smallest absolute Gasteiger partial charge is 0.180 e. The van der Waals surface area contributed by atoms with Gasteiger partial charge < -0.3 is 0 Å². The minimum absolute atomic E-state index is 0.139. The quantitative estimate of drug-likeness (QED) is 0.502. The van der Waals surface area contributed by atoms with Gasteiger partial charge in [0.05, 0.1) is 0 Å². The molecule has 0 aliphatic heterocycles. The monoisotopic (exact) mass is 312 g/mol. The van der Waals surface area contributed by atoms with Gasteiger partial charge >= 0.3 is 6.71 Å². The molecule has 118 valence electrons. The zero-order valence-corrected chi connectivity index (χ0v) is 14.4. The lowest BCUT2D eigenvalue weighted by atomic mass is 9.38. The van der Waals surface area contributed by atoms with Crippen molar-refractivity contribution >= 4 is 23.2 Å². The van der Waals surface area contributed by atoms with E-state index in [1.807, 2.05) is 0 Å². The average Bonchev–Trinajstić information content (AvgIpc) is 2.64. The fourth-order valence-corrected chi connectivity index (χ4v) is 3.03. The normalized spacial score (nSPS) is 10.6. The molecule has 0 amide bonds. The van der Waals surface area contributed by atoms with E-state index in [1.54, 1.807) is 0 Å². The Bertz CT molecular complexity index is 770. The van der Waals surface area contributed by atoms with Crippen LogP contribution >= 0.6 is 0 Å². The predicted molar refractivity (Wildman–Crippen MR) is 104 cm³/mol. The third-order valence-electron chi connectivity index (χ3n) is 4.42. The third-order valence-corrected chi connectivity index (χ3v) is 4.42. The highest BCUT2D eigenvalue weighted by atomic mass is 14.9. The van der Waals surface area contributed by atoms with Gasteiger partial charge in [0.25, 0.3) is 0 Å². The van der Waals surface area contributed by atoms with Crippen LogP contribution in [0.5, 0.6) is 0 Å². The van der Waals surface area contributed by atoms with E-state index in [9.17, 15) is 0 Å². The van der Waals surface area contributed by atoms with Crippen molar-refractivity contribution in [2.24, 2.45) is 0 Å². The Morgan fingerprint density at radius 1 is 0.833 bits per heavy atom. The summed E-state index contributed by atoms with van der Waals surface area (Å²) in [4.78, 5) is 0. The molecule has 0 saturated heterocycles. The van der Waals surface area contributed by atoms with Crippen molar-refractivity contribution in [1.82, 2.24) is 0 Å². The standard InChI is InChI=1S/C22H23BN/c1-18(2)20-11-10-16-24(17-20)19(3)23(21-12-6-4-7-13-21)22-14-8-5-9-15-22/h4-18H,3H2,1-2H3/q+1. The Balaban J connectivity index is 2.06. The van der Waals surface area contributed by atoms with Crippen LogP contribution in [-0.4, -0.2) is 6.71 Å². The van der Waals surface area contributed by atoms with E-state index < -0.39 is 0 Å². The van der Waals surface area contributed by atoms with Gasteiger partial charge in [-0.25, -0.2) is 0 Å². The predicted octanol–water partition coefficient (Wildman–Crippen LogP) is 3.42. The number of benzene rings is 2. The molecule has 0 unspecified atom stereocenters. The van der Waals surface area contributed by atoms with E-state index in [-0.39, 0.29) is 6.71 Å². The van der Waals surface area contributed by atoms with Gasteiger partial charge in [0.15, 0.2) is 12.4 Å². The summed E-state index contributed by atoms with van der Waals surface area (Å²) < 4.78 is 2.17. The average molecular weight is 312 g/mol. The van der Waals surface area contributed by atoms with Gasteiger partial charge in [0, 0.05) is 11.6 Å². The molecule has 2 aromatic carbocycles. The summed E-state index contributed by atoms with van der Waals surface area (Å²) in [6.45, 7) is 9.01. The van der Waals surface area contributed by atoms with Crippen molar-refractivity contribution < 1.29 is 4.57 Å². The first-order valence-electron chi connectivity index (χ1n) is 8.47. The SMILES string of the molecule is C=C(B(c1ccccc1)c1ccccc1)[n+]1cccc(C(C)C)c1. The van der Waals surface area contributed by atoms with Crippen molar-refractivity contribution in [3.63, 3.8) is 0 Å². The zero-order valence-electron chi connectivity index (χ0n) is 14.4. The molecule has 1 nitrogen and oxygen atoms in total. The van der Waals surface area contributed by atoms with Gasteiger partial charge in [-0.3, -0.25) is 0 Å². The molecule has 0 spiro atoms. The van der Waals surface area contributed by atoms with Crippen LogP contribution in [0.25, 0.3) is 5.60 Å². The lowest BCUT2D eigenvalue weighted by molar-refractivity contribution is -0.575. The van der Waals surface area contributed by atoms with Crippen LogP contribution < -0.4 is 15.5 Å². The largest absolute Gasteiger partial charge is 0.325 e. The fraction of sp³-hybridized carbons (Fsp3) is 0.136. The molecule has 1 aromatic heterocycles. The first-order valence-corrected chi connectivity index (χ1v) is 8.47. The van der Waals surface area contributed by atoms with Crippen LogP contribution in [0.1, 0.15) is 25.3 Å². The maximum atomic E-state index is 4.44. The van der Waals surface area contributed by atoms with E-state index in [4.69, 9.17) is 0 Å². The summed E-state index contributed by atoms with van der Waals surface area (Å²) in [5.41, 5.74) is 4.90. The second-order valence-corrected chi connectivity index (χ2v) is 6.44. The molecular weight excluding hydrogens is 289 g/mol. The molecule has 0 N–H and O–H groups in total. The number of nitrogens with zero attached hydrogens (tertiary/aromatic N) is 1. The van der Waals surface area contributed by atoms with Gasteiger partial charge in [0.2, 0.25) is 0 Å². The van der Waals surface area contributed by atoms with Crippen LogP contribution in [0.2, 0.25) is 0 Å². The van der Waals surface area contributed by atoms with Crippen molar-refractivity contribution in [3.8, 4) is 0 Å². The van der Waals surface area contributed by atoms with Crippen molar-refractivity contribution in [1.29, 1.82) is 0 Å². The molecule has 0 saturated carbocycles. The lowest BCUT2D eigenvalue weighted by Gasteiger charge is -2.14. The Kier molecular flexibility index (Phi) is 4.95. The summed E-state index contributed by atoms with van der Waals surface area (Å²) in [5, 5.41) is 0. The summed E-state index contributed by atoms with van der Waals surface area (Å²) in [6, 6.07) is 25.5. The molecule has 1 heterocycles. The topological polar surface area (TPSA) is 3.88 Å². The van der Waals surface area contributed by atoms with Gasteiger partial charge in [-0.2, -0.15) is 4.57 Å². The van der Waals surface area contributed by atoms with Crippen LogP contribution in [0, 0.1) is 0 Å². The van der Waals surface area contributed by atoms with E-state index in [1.165, 1.54) is 16.5 Å². The minimum Gasteiger partial charge on any atom is -0.180 e. The zero-order chi connectivity index (χ0) is 16.9. The van der Waals surface area contributed by atoms with Crippen molar-refractivity contribution in [2.75, 3.05) is 0 Å². The molecule has 2 heteroatoms. The van der Waals surface area contributed by atoms with Crippen LogP contribution in [0.3, 0.4) is 0 Å². The highest BCUT2D eigenvalue weighted by molar-refractivity contribution is 6.97. The van der Waals surface area contributed by atoms with Crippen molar-refractivity contribution in [2.45, 2.75) is 19.8 Å². The van der Waals surface area contributed by atoms with Gasteiger partial charge in [-0.05, 0) is 18.6 Å². The van der Waals surface area contributed by atoms with Gasteiger partial charge in [-0.1, -0.05) is 85.4 Å². The molecule has 0 atom stereocenters. The maximum absolute atomic E-state index is 4.44. The summed E-state index contributed by atoms with van der Waals surface area (Å²) in [5.74, 6) is 0.497. The molecule has 3 aromatic rings. The summed E-state index contributed by atoms with van der Waals surface area (Å²) in [6.07, 6.45) is 4.29. The fourth-order valence-electron chi connectivity index (χ4n) is 3.03. The molecule has 3 rings (SSSR count). The molecule has 24 heavy (non-hydrogen) atoms. The number of hydrogen-bond acceptors (Lipinski definition) is 0. The van der Waals surface area contributed by atoms with Crippen LogP contribution in [0.15, 0.2) is 91.8 Å². The molecule has 0 aliphatic rings. The minimum atomic E-state index is 0.139. The van der Waals surface area contributed by atoms with E-state index >= 15 is 0 Å². The van der Waals surface area contributed by atoms with E-state index in [2.05, 4.69) is 110 Å². The van der Waals surface area contributed by atoms with E-state index in [0.717, 1.165) is 5.60 Å². The molecule has 0 bridgehead atoms. The number of aromatic nitrogens is 1. The highest BCUT2D eigenvalue weighted by Gasteiger charge is 2.29. The summed E-state index contributed by atoms with van der Waals surface area (Å²) in [7, 11) is 0. The molecule has 0 radical (unpaired) electrons. The Labute approximate surface area is 145 Å². The highest BCUT2D eigenvalue weighted by Crippen LogP contribution is 2.12. The number of rotatable bonds is 5. The maximum Gasteiger partial charge on any atom is 0.325 e. The van der Waals surface area contributed by atoms with Crippen LogP contribution in [0.4, 0.5) is 0 Å². The molecule has 0 aliphatic carbocycles. The Morgan fingerprint density at radius 2 is 1.38 bits per heavy atom. The first kappa shape index (κ1) is 16.3. The summed E-state index contributed by atoms with van der Waals surface area (Å²) >= 11 is 0. The second kappa shape index (κ2) is 7.31. The van der Waals surface area contributed by atoms with Crippen LogP contribution in [-0.2, 0) is 0 Å². The molecule has 0 fully saturated rings. The third kappa shape index (κ3) is 3.49. The molecular formula is C22H23BN+. The first-order chi connectivity index (χ1) is 11.7. The van der Waals surface area contributed by atoms with E-state index in [0.29, 0.717) is 5.92 Å². The van der Waals surface area contributed by atoms with Gasteiger partial charge in [0.1, 0.15) is 5.60 Å². The Hall–Kier alpha value is -2.61. The van der Waals surface area contributed by atoms with Gasteiger partial charge in [-0.15, -0.1) is 0 Å². The number of pyridine rings is 1. The number of hydrogen-bond donors (Lipinski definition) is 0. The van der Waals surface area contributed by atoms with Crippen molar-refractivity contribution in [3.05, 3.63) is 97.3 Å². The second-order valence-electron chi connectivity index (χ2n) is 6.44. The lowest BCUT2D eigenvalue weighted by Crippen LogP contribution is -2.52.